The number of carbonyl (C=O) groups is 1. The van der Waals surface area contributed by atoms with Crippen LogP contribution in [0.1, 0.15) is 48.9 Å². The number of benzene rings is 1. The molecule has 0 radical (unpaired) electrons. The molecule has 4 aliphatic rings. The highest BCUT2D eigenvalue weighted by molar-refractivity contribution is 6.00. The van der Waals surface area contributed by atoms with E-state index in [-0.39, 0.29) is 18.0 Å². The maximum Gasteiger partial charge on any atom is 0.318 e. The molecule has 254 valence electrons. The van der Waals surface area contributed by atoms with E-state index in [0.717, 1.165) is 97.8 Å². The average Bonchev–Trinajstić information content (AvgIpc) is 3.51. The maximum absolute atomic E-state index is 14.0. The number of aromatic nitrogens is 6. The fourth-order valence-electron chi connectivity index (χ4n) is 8.56. The topological polar surface area (TPSA) is 129 Å². The Balaban J connectivity index is 1.11. The summed E-state index contributed by atoms with van der Waals surface area (Å²) in [6, 6.07) is 12.7. The predicted molar refractivity (Wildman–Crippen MR) is 187 cm³/mol. The van der Waals surface area contributed by atoms with Gasteiger partial charge in [-0.3, -0.25) is 4.79 Å². The number of fused-ring (bicyclic) bond motifs is 4. The Morgan fingerprint density at radius 1 is 0.898 bits per heavy atom. The van der Waals surface area contributed by atoms with Crippen LogP contribution >= 0.6 is 0 Å². The molecule has 49 heavy (non-hydrogen) atoms. The van der Waals surface area contributed by atoms with Gasteiger partial charge in [-0.1, -0.05) is 0 Å². The van der Waals surface area contributed by atoms with Crippen molar-refractivity contribution in [1.29, 1.82) is 0 Å². The van der Waals surface area contributed by atoms with Crippen LogP contribution in [-0.4, -0.2) is 85.8 Å². The van der Waals surface area contributed by atoms with Gasteiger partial charge in [0.15, 0.2) is 5.82 Å². The predicted octanol–water partition coefficient (Wildman–Crippen LogP) is 4.75. The molecule has 6 heterocycles. The lowest BCUT2D eigenvalue weighted by molar-refractivity contribution is 0.0700. The van der Waals surface area contributed by atoms with Crippen molar-refractivity contribution in [3.63, 3.8) is 0 Å². The van der Waals surface area contributed by atoms with Crippen LogP contribution in [0, 0.1) is 17.8 Å². The molecule has 3 atom stereocenters. The van der Waals surface area contributed by atoms with Crippen LogP contribution in [0.4, 0.5) is 5.82 Å². The average molecular weight is 662 g/mol. The van der Waals surface area contributed by atoms with E-state index in [0.29, 0.717) is 35.1 Å². The number of imidazole rings is 1. The van der Waals surface area contributed by atoms with Gasteiger partial charge in [0, 0.05) is 68.2 Å². The zero-order chi connectivity index (χ0) is 33.2. The molecule has 4 fully saturated rings. The van der Waals surface area contributed by atoms with Crippen LogP contribution in [0.3, 0.4) is 0 Å². The molecule has 1 amide bonds. The van der Waals surface area contributed by atoms with Gasteiger partial charge < -0.3 is 34.1 Å². The highest BCUT2D eigenvalue weighted by Crippen LogP contribution is 2.41. The van der Waals surface area contributed by atoms with Gasteiger partial charge >= 0.3 is 6.01 Å². The van der Waals surface area contributed by atoms with Crippen molar-refractivity contribution in [2.75, 3.05) is 38.8 Å². The van der Waals surface area contributed by atoms with E-state index >= 15 is 0 Å². The molecule has 2 N–H and O–H groups in total. The van der Waals surface area contributed by atoms with E-state index in [9.17, 15) is 4.79 Å². The van der Waals surface area contributed by atoms with Crippen LogP contribution in [0.5, 0.6) is 11.8 Å². The molecule has 2 aliphatic carbocycles. The lowest BCUT2D eigenvalue weighted by atomic mass is 9.96. The first kappa shape index (κ1) is 30.4. The molecule has 2 saturated carbocycles. The molecule has 1 unspecified atom stereocenters. The Hall–Kier alpha value is -4.71. The summed E-state index contributed by atoms with van der Waals surface area (Å²) < 4.78 is 16.1. The third kappa shape index (κ3) is 5.27. The zero-order valence-corrected chi connectivity index (χ0v) is 28.2. The Bertz CT molecular complexity index is 2040. The van der Waals surface area contributed by atoms with Crippen LogP contribution in [0.25, 0.3) is 33.6 Å². The Labute approximate surface area is 285 Å². The van der Waals surface area contributed by atoms with E-state index in [2.05, 4.69) is 36.1 Å². The minimum absolute atomic E-state index is 0.0136. The second-order valence-electron chi connectivity index (χ2n) is 14.4. The van der Waals surface area contributed by atoms with Crippen molar-refractivity contribution in [2.45, 2.75) is 63.7 Å². The van der Waals surface area contributed by atoms with Gasteiger partial charge in [0.2, 0.25) is 0 Å². The van der Waals surface area contributed by atoms with E-state index in [4.69, 9.17) is 25.2 Å². The molecule has 2 aliphatic heterocycles. The number of nitrogens with two attached hydrogens (primary N) is 1. The minimum Gasteiger partial charge on any atom is -0.494 e. The first-order chi connectivity index (χ1) is 24.0. The number of rotatable bonds is 9. The van der Waals surface area contributed by atoms with Gasteiger partial charge in [-0.15, -0.1) is 0 Å². The molecule has 2 bridgehead atoms. The number of nitrogens with zero attached hydrogens (tertiary/aromatic N) is 8. The van der Waals surface area contributed by atoms with Gasteiger partial charge in [0.25, 0.3) is 5.91 Å². The Morgan fingerprint density at radius 2 is 1.71 bits per heavy atom. The summed E-state index contributed by atoms with van der Waals surface area (Å²) in [5, 5.41) is 1.11. The smallest absolute Gasteiger partial charge is 0.318 e. The molecule has 12 nitrogen and oxygen atoms in total. The van der Waals surface area contributed by atoms with Crippen LogP contribution < -0.4 is 20.1 Å². The largest absolute Gasteiger partial charge is 0.494 e. The fraction of sp³-hybridized carbons (Fsp3) is 0.486. The number of hydrogen-bond acceptors (Lipinski definition) is 9. The van der Waals surface area contributed by atoms with Crippen molar-refractivity contribution in [3.05, 3.63) is 54.4 Å². The van der Waals surface area contributed by atoms with Gasteiger partial charge in [-0.2, -0.15) is 4.98 Å². The number of ether oxygens (including phenoxy) is 2. The number of methoxy groups -OCH3 is 2. The highest BCUT2D eigenvalue weighted by Gasteiger charge is 2.47. The van der Waals surface area contributed by atoms with E-state index in [1.54, 1.807) is 20.4 Å². The molecule has 4 aromatic heterocycles. The zero-order valence-electron chi connectivity index (χ0n) is 28.2. The van der Waals surface area contributed by atoms with Gasteiger partial charge in [0.1, 0.15) is 22.7 Å². The Morgan fingerprint density at radius 3 is 2.45 bits per heavy atom. The van der Waals surface area contributed by atoms with Crippen LogP contribution in [-0.2, 0) is 13.1 Å². The quantitative estimate of drug-likeness (QED) is 0.238. The first-order valence-corrected chi connectivity index (χ1v) is 17.7. The third-order valence-corrected chi connectivity index (χ3v) is 11.4. The second-order valence-corrected chi connectivity index (χ2v) is 14.4. The van der Waals surface area contributed by atoms with Crippen LogP contribution in [0.2, 0.25) is 0 Å². The summed E-state index contributed by atoms with van der Waals surface area (Å²) in [7, 11) is 3.29. The van der Waals surface area contributed by atoms with Crippen molar-refractivity contribution >= 4 is 33.8 Å². The van der Waals surface area contributed by atoms with Crippen molar-refractivity contribution < 1.29 is 14.3 Å². The van der Waals surface area contributed by atoms with E-state index < -0.39 is 0 Å². The van der Waals surface area contributed by atoms with Crippen molar-refractivity contribution in [2.24, 2.45) is 23.5 Å². The fourth-order valence-corrected chi connectivity index (χ4v) is 8.56. The summed E-state index contributed by atoms with van der Waals surface area (Å²) in [4.78, 5) is 37.2. The standard InChI is InChI=1S/C37H43N9O3/c1-48-30-18-26(36(47)45-21-25-7-8-28(45)32(25)38)16-27-33(30)46(20-23-10-14-43(15-11-23)31-9-13-40-37(42-31)49-2)35(41-27)29-17-24-4-3-12-39-34(24)44(29)19-22-5-6-22/h3-4,9,12-13,16-18,22-23,25,28,32H,5-8,10-11,14-15,19-21,38H2,1-2H3/t25-,28?,32-/m1/s1. The normalized spacial score (nSPS) is 22.5. The first-order valence-electron chi connectivity index (χ1n) is 17.7. The lowest BCUT2D eigenvalue weighted by Gasteiger charge is -2.33. The number of piperidine rings is 2. The second kappa shape index (κ2) is 12.0. The molecule has 12 heteroatoms. The molecule has 1 aromatic carbocycles. The number of carbonyl (C=O) groups excluding carboxylic acids is 1. The van der Waals surface area contributed by atoms with Gasteiger partial charge in [0.05, 0.1) is 25.4 Å². The molecule has 5 aromatic rings. The molecule has 0 spiro atoms. The van der Waals surface area contributed by atoms with Gasteiger partial charge in [-0.05, 0) is 92.7 Å². The van der Waals surface area contributed by atoms with Gasteiger partial charge in [-0.25, -0.2) is 15.0 Å². The highest BCUT2D eigenvalue weighted by atomic mass is 16.5. The monoisotopic (exact) mass is 661 g/mol. The van der Waals surface area contributed by atoms with E-state index in [1.807, 2.05) is 35.4 Å². The SMILES string of the molecule is COc1nccc(N2CCC(Cn3c(-c4cc5cccnc5n4CC4CC4)nc4cc(C(=O)N5C[C@H]6CCC5[C@@H]6N)cc(OC)c43)CC2)n1. The number of hydrogen-bond donors (Lipinski definition) is 1. The summed E-state index contributed by atoms with van der Waals surface area (Å²) >= 11 is 0. The number of pyridine rings is 1. The van der Waals surface area contributed by atoms with Crippen LogP contribution in [0.15, 0.2) is 48.8 Å². The lowest BCUT2D eigenvalue weighted by Crippen LogP contribution is -2.41. The summed E-state index contributed by atoms with van der Waals surface area (Å²) in [5.74, 6) is 3.91. The molecule has 2 saturated heterocycles. The Kier molecular flexibility index (Phi) is 7.44. The number of anilines is 1. The maximum atomic E-state index is 14.0. The van der Waals surface area contributed by atoms with E-state index in [1.165, 1.54) is 12.8 Å². The van der Waals surface area contributed by atoms with Crippen molar-refractivity contribution in [1.82, 2.24) is 34.0 Å². The number of likely N-dealkylation sites (tertiary alicyclic amines) is 1. The molecule has 9 rings (SSSR count). The number of amides is 1. The molecular formula is C37H43N9O3. The molecular weight excluding hydrogens is 618 g/mol. The van der Waals surface area contributed by atoms with Crippen molar-refractivity contribution in [3.8, 4) is 23.3 Å². The summed E-state index contributed by atoms with van der Waals surface area (Å²) in [6.07, 6.45) is 10.2. The third-order valence-electron chi connectivity index (χ3n) is 11.4. The minimum atomic E-state index is 0.0136. The summed E-state index contributed by atoms with van der Waals surface area (Å²) in [6.45, 7) is 4.18. The summed E-state index contributed by atoms with van der Waals surface area (Å²) in [5.41, 5.74) is 10.8.